The van der Waals surface area contributed by atoms with Crippen LogP contribution < -0.4 is 10.6 Å². The Morgan fingerprint density at radius 3 is 2.69 bits per heavy atom. The van der Waals surface area contributed by atoms with Crippen molar-refractivity contribution in [2.45, 2.75) is 44.9 Å². The molecule has 0 unspecified atom stereocenters. The fourth-order valence-electron chi connectivity index (χ4n) is 5.55. The molecule has 7 nitrogen and oxygen atoms in total. The van der Waals surface area contributed by atoms with Crippen LogP contribution in [0.2, 0.25) is 0 Å². The quantitative estimate of drug-likeness (QED) is 0.651. The number of alkyl halides is 1. The number of methoxy groups -OCH3 is 1. The number of carbonyl (C=O) groups is 1. The maximum Gasteiger partial charge on any atom is 0.252 e. The van der Waals surface area contributed by atoms with Crippen LogP contribution >= 0.6 is 0 Å². The van der Waals surface area contributed by atoms with Gasteiger partial charge in [0.25, 0.3) is 5.91 Å². The summed E-state index contributed by atoms with van der Waals surface area (Å²) < 4.78 is 22.8. The Morgan fingerprint density at radius 1 is 1.31 bits per heavy atom. The number of hydrogen-bond acceptors (Lipinski definition) is 5. The highest BCUT2D eigenvalue weighted by Crippen LogP contribution is 2.46. The van der Waals surface area contributed by atoms with Crippen LogP contribution in [0.4, 0.5) is 10.2 Å². The van der Waals surface area contributed by atoms with Crippen molar-refractivity contribution in [3.05, 3.63) is 41.0 Å². The van der Waals surface area contributed by atoms with Crippen LogP contribution in [0.15, 0.2) is 24.3 Å². The van der Waals surface area contributed by atoms with Crippen molar-refractivity contribution in [3.63, 3.8) is 0 Å². The summed E-state index contributed by atoms with van der Waals surface area (Å²) in [5.74, 6) is 0.371. The van der Waals surface area contributed by atoms with E-state index in [1.807, 2.05) is 33.6 Å². The lowest BCUT2D eigenvalue weighted by Gasteiger charge is -2.43. The number of primary amides is 1. The zero-order valence-electron chi connectivity index (χ0n) is 18.7. The van der Waals surface area contributed by atoms with E-state index in [4.69, 9.17) is 15.5 Å². The molecule has 8 heteroatoms. The van der Waals surface area contributed by atoms with Gasteiger partial charge in [0, 0.05) is 13.7 Å². The molecule has 3 aromatic rings. The zero-order valence-corrected chi connectivity index (χ0v) is 18.7. The average molecular weight is 441 g/mol. The maximum atomic E-state index is 15.4. The minimum absolute atomic E-state index is 0.0528. The van der Waals surface area contributed by atoms with E-state index in [1.54, 1.807) is 0 Å². The summed E-state index contributed by atoms with van der Waals surface area (Å²) in [7, 11) is 1.45. The molecule has 0 bridgehead atoms. The molecular formula is C24H29FN4O3. The fourth-order valence-corrected chi connectivity index (χ4v) is 5.55. The predicted molar refractivity (Wildman–Crippen MR) is 121 cm³/mol. The van der Waals surface area contributed by atoms with Gasteiger partial charge < -0.3 is 20.5 Å². The van der Waals surface area contributed by atoms with Gasteiger partial charge in [-0.05, 0) is 47.9 Å². The molecule has 1 saturated heterocycles. The molecule has 5 rings (SSSR count). The van der Waals surface area contributed by atoms with Gasteiger partial charge in [0.05, 0.1) is 29.7 Å². The third-order valence-electron chi connectivity index (χ3n) is 7.22. The first-order chi connectivity index (χ1) is 15.2. The van der Waals surface area contributed by atoms with E-state index in [1.165, 1.54) is 7.11 Å². The number of pyridine rings is 1. The Kier molecular flexibility index (Phi) is 4.73. The van der Waals surface area contributed by atoms with E-state index in [-0.39, 0.29) is 18.6 Å². The summed E-state index contributed by atoms with van der Waals surface area (Å²) in [5.41, 5.74) is 9.17. The number of amides is 1. The first-order valence-electron chi connectivity index (χ1n) is 11.0. The molecular weight excluding hydrogens is 411 g/mol. The van der Waals surface area contributed by atoms with Crippen molar-refractivity contribution in [2.24, 2.45) is 11.1 Å². The van der Waals surface area contributed by atoms with Gasteiger partial charge in [-0.25, -0.2) is 9.37 Å². The highest BCUT2D eigenvalue weighted by Gasteiger charge is 2.46. The molecule has 1 aliphatic carbocycles. The van der Waals surface area contributed by atoms with Crippen molar-refractivity contribution < 1.29 is 19.0 Å². The second kappa shape index (κ2) is 7.15. The van der Waals surface area contributed by atoms with Crippen molar-refractivity contribution in [1.29, 1.82) is 0 Å². The summed E-state index contributed by atoms with van der Waals surface area (Å²) >= 11 is 0. The first kappa shape index (κ1) is 21.2. The molecule has 0 radical (unpaired) electrons. The van der Waals surface area contributed by atoms with Gasteiger partial charge in [-0.3, -0.25) is 9.20 Å². The molecule has 3 heterocycles. The number of carbonyl (C=O) groups excluding carboxylic acids is 1. The molecule has 1 aliphatic heterocycles. The van der Waals surface area contributed by atoms with Gasteiger partial charge in [0.1, 0.15) is 17.6 Å². The van der Waals surface area contributed by atoms with Gasteiger partial charge in [-0.2, -0.15) is 0 Å². The maximum absolute atomic E-state index is 15.4. The van der Waals surface area contributed by atoms with Crippen LogP contribution in [-0.2, 0) is 17.6 Å². The molecule has 0 saturated carbocycles. The third kappa shape index (κ3) is 2.93. The molecule has 3 N–H and O–H groups in total. The number of imidazole rings is 1. The summed E-state index contributed by atoms with van der Waals surface area (Å²) in [6.07, 6.45) is 0.449. The number of aliphatic hydroxyl groups excluding tert-OH is 1. The second-order valence-electron chi connectivity index (χ2n) is 9.89. The molecule has 32 heavy (non-hydrogen) atoms. The number of para-hydroxylation sites is 2. The fraction of sp³-hybridized carbons (Fsp3) is 0.500. The zero-order chi connectivity index (χ0) is 22.8. The van der Waals surface area contributed by atoms with Crippen LogP contribution in [-0.4, -0.2) is 59.0 Å². The highest BCUT2D eigenvalue weighted by atomic mass is 19.1. The number of aromatic nitrogens is 2. The van der Waals surface area contributed by atoms with Gasteiger partial charge in [0.15, 0.2) is 5.65 Å². The monoisotopic (exact) mass is 440 g/mol. The van der Waals surface area contributed by atoms with Crippen LogP contribution in [0.3, 0.4) is 0 Å². The minimum Gasteiger partial charge on any atom is -0.393 e. The summed E-state index contributed by atoms with van der Waals surface area (Å²) in [6, 6.07) is 7.70. The Bertz CT molecular complexity index is 1230. The minimum atomic E-state index is -1.36. The molecule has 0 spiro atoms. The second-order valence-corrected chi connectivity index (χ2v) is 9.89. The number of piperidine rings is 1. The topological polar surface area (TPSA) is 93.1 Å². The summed E-state index contributed by atoms with van der Waals surface area (Å²) in [4.78, 5) is 19.4. The molecule has 170 valence electrons. The lowest BCUT2D eigenvalue weighted by molar-refractivity contribution is -0.112. The number of halogens is 1. The Balaban J connectivity index is 1.80. The Labute approximate surface area is 186 Å². The number of aliphatic hydroxyl groups is 1. The van der Waals surface area contributed by atoms with E-state index < -0.39 is 17.7 Å². The number of anilines is 1. The van der Waals surface area contributed by atoms with Gasteiger partial charge >= 0.3 is 0 Å². The van der Waals surface area contributed by atoms with Gasteiger partial charge in [0.2, 0.25) is 0 Å². The molecule has 2 aliphatic rings. The van der Waals surface area contributed by atoms with Crippen molar-refractivity contribution in [3.8, 4) is 0 Å². The lowest BCUT2D eigenvalue weighted by atomic mass is 9.89. The molecule has 1 aromatic carbocycles. The number of nitrogens with zero attached hydrogens (tertiary/aromatic N) is 3. The largest absolute Gasteiger partial charge is 0.393 e. The van der Waals surface area contributed by atoms with E-state index in [2.05, 4.69) is 13.8 Å². The number of benzene rings is 1. The van der Waals surface area contributed by atoms with E-state index in [0.29, 0.717) is 30.6 Å². The van der Waals surface area contributed by atoms with Crippen LogP contribution in [0.25, 0.3) is 16.7 Å². The Morgan fingerprint density at radius 2 is 2.03 bits per heavy atom. The molecule has 2 atom stereocenters. The van der Waals surface area contributed by atoms with Crippen LogP contribution in [0.5, 0.6) is 0 Å². The van der Waals surface area contributed by atoms with E-state index in [0.717, 1.165) is 34.4 Å². The van der Waals surface area contributed by atoms with Crippen LogP contribution in [0.1, 0.15) is 41.8 Å². The molecule has 1 amide bonds. The summed E-state index contributed by atoms with van der Waals surface area (Å²) in [5, 5.41) is 9.82. The lowest BCUT2D eigenvalue weighted by Crippen LogP contribution is -2.57. The van der Waals surface area contributed by atoms with Crippen LogP contribution in [0, 0.1) is 5.41 Å². The predicted octanol–water partition coefficient (Wildman–Crippen LogP) is 2.64. The smallest absolute Gasteiger partial charge is 0.252 e. The van der Waals surface area contributed by atoms with E-state index in [9.17, 15) is 9.90 Å². The van der Waals surface area contributed by atoms with Crippen molar-refractivity contribution in [2.75, 3.05) is 31.7 Å². The Hall–Kier alpha value is -2.71. The standard InChI is InChI=1S/C24H29FN4O3/c1-23(2)10-14-15(11-23)22(28-9-8-24(13-30,32-3)18(25)12-28)29-17-7-5-4-6-16(17)27-21(29)19(14)20(26)31/h4-7,18,30H,8-13H2,1-3H3,(H2,26,31)/t18-,24+/m0/s1. The van der Waals surface area contributed by atoms with Crippen molar-refractivity contribution >= 4 is 28.4 Å². The number of hydrogen-bond donors (Lipinski definition) is 2. The number of rotatable bonds is 4. The number of fused-ring (bicyclic) bond motifs is 4. The van der Waals surface area contributed by atoms with Gasteiger partial charge in [-0.15, -0.1) is 0 Å². The SMILES string of the molecule is CO[C@@]1(CO)CCN(c2c3c(c(C(N)=O)c4nc5ccccc5n24)CC(C)(C)C3)C[C@@H]1F. The average Bonchev–Trinajstić information content (AvgIpc) is 3.27. The highest BCUT2D eigenvalue weighted by molar-refractivity contribution is 6.04. The number of nitrogens with two attached hydrogens (primary N) is 1. The number of ether oxygens (including phenoxy) is 1. The van der Waals surface area contributed by atoms with Crippen molar-refractivity contribution in [1.82, 2.24) is 9.38 Å². The molecule has 2 aromatic heterocycles. The van der Waals surface area contributed by atoms with Gasteiger partial charge in [-0.1, -0.05) is 26.0 Å². The molecule has 1 fully saturated rings. The normalized spacial score (nSPS) is 24.9. The third-order valence-corrected chi connectivity index (χ3v) is 7.22. The first-order valence-corrected chi connectivity index (χ1v) is 11.0. The van der Waals surface area contributed by atoms with E-state index >= 15 is 4.39 Å². The summed E-state index contributed by atoms with van der Waals surface area (Å²) in [6.45, 7) is 4.56.